The zero-order chi connectivity index (χ0) is 14.1. The maximum Gasteiger partial charge on any atom is 0.151 e. The lowest BCUT2D eigenvalue weighted by molar-refractivity contribution is 0.170. The van der Waals surface area contributed by atoms with Crippen LogP contribution in [-0.2, 0) is 16.0 Å². The van der Waals surface area contributed by atoms with Crippen LogP contribution in [0.15, 0.2) is 12.1 Å². The first-order chi connectivity index (χ1) is 9.22. The molecule has 1 N–H and O–H groups in total. The van der Waals surface area contributed by atoms with Gasteiger partial charge < -0.3 is 19.7 Å². The average Bonchev–Trinajstić information content (AvgIpc) is 2.41. The summed E-state index contributed by atoms with van der Waals surface area (Å²) < 4.78 is 10.4. The van der Waals surface area contributed by atoms with Gasteiger partial charge in [0, 0.05) is 27.3 Å². The van der Waals surface area contributed by atoms with Gasteiger partial charge in [0.25, 0.3) is 0 Å². The normalized spacial score (nSPS) is 12.4. The molecule has 1 aromatic rings. The van der Waals surface area contributed by atoms with Crippen LogP contribution in [0.2, 0.25) is 0 Å². The molecule has 1 rings (SSSR count). The molecule has 6 heteroatoms. The van der Waals surface area contributed by atoms with Crippen molar-refractivity contribution in [1.82, 2.24) is 15.5 Å². The van der Waals surface area contributed by atoms with Crippen molar-refractivity contribution in [3.63, 3.8) is 0 Å². The molecule has 0 radical (unpaired) electrons. The molecule has 108 valence electrons. The van der Waals surface area contributed by atoms with Gasteiger partial charge in [-0.15, -0.1) is 5.10 Å². The van der Waals surface area contributed by atoms with Crippen LogP contribution in [-0.4, -0.2) is 57.3 Å². The molecule has 1 atom stereocenters. The number of nitrogens with zero attached hydrogens (tertiary/aromatic N) is 3. The smallest absolute Gasteiger partial charge is 0.151 e. The molecule has 6 nitrogen and oxygen atoms in total. The van der Waals surface area contributed by atoms with Crippen molar-refractivity contribution in [3.05, 3.63) is 17.8 Å². The third-order valence-electron chi connectivity index (χ3n) is 2.83. The highest BCUT2D eigenvalue weighted by atomic mass is 16.5. The van der Waals surface area contributed by atoms with Gasteiger partial charge in [-0.3, -0.25) is 0 Å². The molecule has 1 unspecified atom stereocenters. The van der Waals surface area contributed by atoms with Crippen molar-refractivity contribution in [3.8, 4) is 0 Å². The van der Waals surface area contributed by atoms with E-state index in [9.17, 15) is 0 Å². The second-order valence-corrected chi connectivity index (χ2v) is 4.40. The standard InChI is InChI=1S/C13H24N4O2/c1-11(10-19-4)17(7-8-18-3)13-6-5-12(9-14-2)15-16-13/h5-6,11,14H,7-10H2,1-4H3. The lowest BCUT2D eigenvalue weighted by atomic mass is 10.2. The summed E-state index contributed by atoms with van der Waals surface area (Å²) in [4.78, 5) is 2.14. The van der Waals surface area contributed by atoms with Crippen molar-refractivity contribution in [2.75, 3.05) is 45.9 Å². The second-order valence-electron chi connectivity index (χ2n) is 4.40. The lowest BCUT2D eigenvalue weighted by Crippen LogP contribution is -2.39. The van der Waals surface area contributed by atoms with Gasteiger partial charge in [0.2, 0.25) is 0 Å². The molecule has 0 aliphatic heterocycles. The van der Waals surface area contributed by atoms with Gasteiger partial charge in [-0.25, -0.2) is 0 Å². The molecule has 0 aromatic carbocycles. The average molecular weight is 268 g/mol. The summed E-state index contributed by atoms with van der Waals surface area (Å²) in [6.07, 6.45) is 0. The van der Waals surface area contributed by atoms with Crippen molar-refractivity contribution < 1.29 is 9.47 Å². The van der Waals surface area contributed by atoms with E-state index < -0.39 is 0 Å². The Kier molecular flexibility index (Phi) is 7.32. The van der Waals surface area contributed by atoms with E-state index in [4.69, 9.17) is 9.47 Å². The van der Waals surface area contributed by atoms with Crippen LogP contribution in [0.5, 0.6) is 0 Å². The first-order valence-corrected chi connectivity index (χ1v) is 6.44. The second kappa shape index (κ2) is 8.79. The molecule has 1 heterocycles. The first kappa shape index (κ1) is 15.8. The molecular weight excluding hydrogens is 244 g/mol. The summed E-state index contributed by atoms with van der Waals surface area (Å²) in [5, 5.41) is 11.5. The Bertz CT molecular complexity index is 345. The maximum atomic E-state index is 5.21. The maximum absolute atomic E-state index is 5.21. The van der Waals surface area contributed by atoms with Gasteiger partial charge >= 0.3 is 0 Å². The van der Waals surface area contributed by atoms with Crippen LogP contribution in [0.25, 0.3) is 0 Å². The number of nitrogens with one attached hydrogen (secondary N) is 1. The Balaban J connectivity index is 2.77. The first-order valence-electron chi connectivity index (χ1n) is 6.44. The van der Waals surface area contributed by atoms with Gasteiger partial charge in [0.1, 0.15) is 0 Å². The van der Waals surface area contributed by atoms with Crippen molar-refractivity contribution in [2.45, 2.75) is 19.5 Å². The van der Waals surface area contributed by atoms with Crippen LogP contribution in [0.1, 0.15) is 12.6 Å². The Morgan fingerprint density at radius 1 is 1.26 bits per heavy atom. The van der Waals surface area contributed by atoms with Gasteiger partial charge in [-0.05, 0) is 26.1 Å². The number of ether oxygens (including phenoxy) is 2. The zero-order valence-corrected chi connectivity index (χ0v) is 12.2. The Hall–Kier alpha value is -1.24. The highest BCUT2D eigenvalue weighted by Crippen LogP contribution is 2.13. The Morgan fingerprint density at radius 2 is 2.05 bits per heavy atom. The Morgan fingerprint density at radius 3 is 2.58 bits per heavy atom. The monoisotopic (exact) mass is 268 g/mol. The summed E-state index contributed by atoms with van der Waals surface area (Å²) in [5.74, 6) is 0.849. The van der Waals surface area contributed by atoms with Gasteiger partial charge in [-0.2, -0.15) is 5.10 Å². The number of methoxy groups -OCH3 is 2. The van der Waals surface area contributed by atoms with E-state index >= 15 is 0 Å². The number of hydrogen-bond donors (Lipinski definition) is 1. The molecule has 0 saturated heterocycles. The molecule has 0 amide bonds. The molecule has 0 fully saturated rings. The number of hydrogen-bond acceptors (Lipinski definition) is 6. The molecule has 0 aliphatic carbocycles. The minimum atomic E-state index is 0.226. The molecular formula is C13H24N4O2. The van der Waals surface area contributed by atoms with Crippen LogP contribution in [0, 0.1) is 0 Å². The fourth-order valence-electron chi connectivity index (χ4n) is 1.86. The van der Waals surface area contributed by atoms with E-state index in [-0.39, 0.29) is 6.04 Å². The van der Waals surface area contributed by atoms with Crippen molar-refractivity contribution in [2.24, 2.45) is 0 Å². The molecule has 19 heavy (non-hydrogen) atoms. The van der Waals surface area contributed by atoms with E-state index in [2.05, 4.69) is 27.3 Å². The predicted molar refractivity (Wildman–Crippen MR) is 75.4 cm³/mol. The Labute approximate surface area is 115 Å². The minimum Gasteiger partial charge on any atom is -0.383 e. The number of rotatable bonds is 9. The summed E-state index contributed by atoms with van der Waals surface area (Å²) >= 11 is 0. The van der Waals surface area contributed by atoms with Crippen LogP contribution in [0.3, 0.4) is 0 Å². The topological polar surface area (TPSA) is 59.5 Å². The zero-order valence-electron chi connectivity index (χ0n) is 12.2. The molecule has 0 saturated carbocycles. The van der Waals surface area contributed by atoms with Gasteiger partial charge in [0.15, 0.2) is 5.82 Å². The molecule has 0 bridgehead atoms. The van der Waals surface area contributed by atoms with Crippen LogP contribution < -0.4 is 10.2 Å². The molecule has 1 aromatic heterocycles. The third kappa shape index (κ3) is 5.10. The van der Waals surface area contributed by atoms with Gasteiger partial charge in [0.05, 0.1) is 24.9 Å². The largest absolute Gasteiger partial charge is 0.383 e. The quantitative estimate of drug-likeness (QED) is 0.711. The highest BCUT2D eigenvalue weighted by molar-refractivity contribution is 5.38. The van der Waals surface area contributed by atoms with E-state index in [1.807, 2.05) is 19.2 Å². The third-order valence-corrected chi connectivity index (χ3v) is 2.83. The summed E-state index contributed by atoms with van der Waals surface area (Å²) in [6.45, 7) is 4.88. The fourth-order valence-corrected chi connectivity index (χ4v) is 1.86. The number of aromatic nitrogens is 2. The summed E-state index contributed by atoms with van der Waals surface area (Å²) in [6, 6.07) is 4.20. The van der Waals surface area contributed by atoms with E-state index in [1.54, 1.807) is 14.2 Å². The predicted octanol–water partition coefficient (Wildman–Crippen LogP) is 0.684. The summed E-state index contributed by atoms with van der Waals surface area (Å²) in [7, 11) is 5.29. The fraction of sp³-hybridized carbons (Fsp3) is 0.692. The number of anilines is 1. The summed E-state index contributed by atoms with van der Waals surface area (Å²) in [5.41, 5.74) is 0.928. The van der Waals surface area contributed by atoms with Crippen LogP contribution >= 0.6 is 0 Å². The minimum absolute atomic E-state index is 0.226. The highest BCUT2D eigenvalue weighted by Gasteiger charge is 2.15. The SMILES string of the molecule is CNCc1ccc(N(CCOC)C(C)COC)nn1. The molecule has 0 spiro atoms. The van der Waals surface area contributed by atoms with Crippen LogP contribution in [0.4, 0.5) is 5.82 Å². The van der Waals surface area contributed by atoms with E-state index in [0.717, 1.165) is 24.6 Å². The molecule has 0 aliphatic rings. The lowest BCUT2D eigenvalue weighted by Gasteiger charge is -2.29. The van der Waals surface area contributed by atoms with Crippen molar-refractivity contribution in [1.29, 1.82) is 0 Å². The van der Waals surface area contributed by atoms with E-state index in [0.29, 0.717) is 13.2 Å². The van der Waals surface area contributed by atoms with Gasteiger partial charge in [-0.1, -0.05) is 0 Å². The van der Waals surface area contributed by atoms with Crippen molar-refractivity contribution >= 4 is 5.82 Å². The van der Waals surface area contributed by atoms with E-state index in [1.165, 1.54) is 0 Å².